The summed E-state index contributed by atoms with van der Waals surface area (Å²) < 4.78 is 0. The molecule has 0 aliphatic heterocycles. The summed E-state index contributed by atoms with van der Waals surface area (Å²) >= 11 is 0. The fraction of sp³-hybridized carbons (Fsp3) is 0.108. The molecule has 0 aliphatic carbocycles. The maximum Gasteiger partial charge on any atom is 0.128 e. The van der Waals surface area contributed by atoms with Gasteiger partial charge in [-0.15, -0.1) is 0 Å². The minimum absolute atomic E-state index is 0.858. The topological polar surface area (TPSA) is 77.3 Å². The zero-order valence-corrected chi connectivity index (χ0v) is 45.5. The smallest absolute Gasteiger partial charge is 0.128 e. The maximum atomic E-state index is 4.87. The van der Waals surface area contributed by atoms with Crippen LogP contribution in [0.3, 0.4) is 0 Å². The molecule has 12 aromatic carbocycles. The normalized spacial score (nSPS) is 11.4. The third kappa shape index (κ3) is 8.89. The average molecular weight is 1030 g/mol. The van der Waals surface area contributed by atoms with Gasteiger partial charge in [-0.2, -0.15) is 0 Å². The quantitative estimate of drug-likeness (QED) is 0.163. The Labute approximate surface area is 464 Å². The van der Waals surface area contributed by atoms with E-state index in [0.717, 1.165) is 76.0 Å². The van der Waals surface area contributed by atoms with Crippen LogP contribution in [-0.2, 0) is 25.7 Å². The van der Waals surface area contributed by atoms with E-state index < -0.39 is 0 Å². The highest BCUT2D eigenvalue weighted by molar-refractivity contribution is 6.27. The summed E-state index contributed by atoms with van der Waals surface area (Å²) in [7, 11) is 0. The van der Waals surface area contributed by atoms with Gasteiger partial charge in [-0.05, 0) is 101 Å². The van der Waals surface area contributed by atoms with Crippen LogP contribution in [0.4, 0.5) is 0 Å². The lowest BCUT2D eigenvalue weighted by Gasteiger charge is -2.10. The zero-order chi connectivity index (χ0) is 54.1. The molecule has 0 amide bonds. The van der Waals surface area contributed by atoms with Gasteiger partial charge in [-0.25, -0.2) is 15.0 Å². The van der Waals surface area contributed by atoms with Gasteiger partial charge in [0.2, 0.25) is 0 Å². The third-order valence-electron chi connectivity index (χ3n) is 15.7. The van der Waals surface area contributed by atoms with E-state index in [2.05, 4.69) is 255 Å². The van der Waals surface area contributed by atoms with Gasteiger partial charge in [0.1, 0.15) is 5.82 Å². The van der Waals surface area contributed by atoms with E-state index in [-0.39, 0.29) is 0 Å². The summed E-state index contributed by atoms with van der Waals surface area (Å²) in [5.41, 5.74) is 7.54. The molecule has 16 rings (SSSR count). The minimum Gasteiger partial charge on any atom is -0.261 e. The molecule has 0 N–H and O–H groups in total. The Morgan fingerprint density at radius 2 is 0.537 bits per heavy atom. The fourth-order valence-electron chi connectivity index (χ4n) is 11.7. The van der Waals surface area contributed by atoms with Gasteiger partial charge in [0.05, 0.1) is 27.8 Å². The molecule has 0 fully saturated rings. The second kappa shape index (κ2) is 21.6. The van der Waals surface area contributed by atoms with E-state index >= 15 is 0 Å². The second-order valence-corrected chi connectivity index (χ2v) is 20.3. The van der Waals surface area contributed by atoms with Crippen LogP contribution in [0, 0.1) is 0 Å². The number of hydrogen-bond acceptors (Lipinski definition) is 6. The van der Waals surface area contributed by atoms with E-state index in [1.165, 1.54) is 102 Å². The average Bonchev–Trinajstić information content (AvgIpc) is 3.71. The molecule has 0 radical (unpaired) electrons. The standard InChI is InChI=1S/2C19H15N.2C18H14N2/c1-2-13-11-18-16-9-5-3-7-14(16)15-8-4-6-10-17(15)19(18)12-20-13;1-2-13-11-12-18-16-9-4-3-7-14(16)15-8-5-6-10-17(15)19(18)20-13;1-2-12-11-19-17-15-9-5-3-7-13(15)14-8-4-6-10-16(14)18(17)20-12;1-2-17-19-11-16-14-9-4-3-7-12(14)13-8-5-6-10-15(13)18(16)20-17/h2*3-12H,2H2,1H3;2*3-11H,2H2,1H3. The van der Waals surface area contributed by atoms with Crippen LogP contribution in [0.2, 0.25) is 0 Å². The number of hydrogen-bond donors (Lipinski definition) is 0. The number of benzene rings is 12. The van der Waals surface area contributed by atoms with E-state index in [0.29, 0.717) is 0 Å². The Kier molecular flexibility index (Phi) is 13.4. The highest BCUT2D eigenvalue weighted by Crippen LogP contribution is 2.38. The van der Waals surface area contributed by atoms with E-state index in [4.69, 9.17) is 15.0 Å². The van der Waals surface area contributed by atoms with Crippen molar-refractivity contribution in [3.63, 3.8) is 0 Å². The molecule has 0 spiro atoms. The molecule has 6 heteroatoms. The largest absolute Gasteiger partial charge is 0.261 e. The van der Waals surface area contributed by atoms with Gasteiger partial charge in [-0.1, -0.05) is 228 Å². The van der Waals surface area contributed by atoms with E-state index in [9.17, 15) is 0 Å². The first-order valence-corrected chi connectivity index (χ1v) is 28.0. The number of rotatable bonds is 4. The second-order valence-electron chi connectivity index (χ2n) is 20.3. The molecule has 0 saturated carbocycles. The molecule has 6 nitrogen and oxygen atoms in total. The zero-order valence-electron chi connectivity index (χ0n) is 45.5. The number of aromatic nitrogens is 6. The van der Waals surface area contributed by atoms with Crippen LogP contribution in [0.15, 0.2) is 231 Å². The van der Waals surface area contributed by atoms with Gasteiger partial charge >= 0.3 is 0 Å². The van der Waals surface area contributed by atoms with Crippen LogP contribution in [0.1, 0.15) is 50.6 Å². The summed E-state index contributed by atoms with van der Waals surface area (Å²) in [5, 5.41) is 25.1. The van der Waals surface area contributed by atoms with E-state index in [1.54, 1.807) is 0 Å². The Morgan fingerprint density at radius 3 is 0.975 bits per heavy atom. The molecule has 0 bridgehead atoms. The summed E-state index contributed by atoms with van der Waals surface area (Å²) in [6, 6.07) is 74.9. The Hall–Kier alpha value is -9.78. The summed E-state index contributed by atoms with van der Waals surface area (Å²) in [6.07, 6.45) is 9.60. The molecular weight excluding hydrogens is 973 g/mol. The van der Waals surface area contributed by atoms with Gasteiger partial charge < -0.3 is 0 Å². The van der Waals surface area contributed by atoms with Crippen molar-refractivity contribution >= 4 is 130 Å². The van der Waals surface area contributed by atoms with Crippen LogP contribution in [0.25, 0.3) is 130 Å². The van der Waals surface area contributed by atoms with Gasteiger partial charge in [0.15, 0.2) is 0 Å². The van der Waals surface area contributed by atoms with Crippen LogP contribution < -0.4 is 0 Å². The Balaban J connectivity index is 0.000000101. The van der Waals surface area contributed by atoms with Crippen molar-refractivity contribution in [1.82, 2.24) is 29.9 Å². The first kappa shape index (κ1) is 49.8. The summed E-state index contributed by atoms with van der Waals surface area (Å²) in [4.78, 5) is 28.2. The molecule has 16 aromatic rings. The molecular formula is C74H58N6. The van der Waals surface area contributed by atoms with Crippen molar-refractivity contribution in [2.24, 2.45) is 0 Å². The van der Waals surface area contributed by atoms with Crippen molar-refractivity contribution < 1.29 is 0 Å². The Bertz CT molecular complexity index is 4250. The van der Waals surface area contributed by atoms with Gasteiger partial charge in [0, 0.05) is 74.1 Å². The first-order valence-electron chi connectivity index (χ1n) is 28.0. The van der Waals surface area contributed by atoms with Gasteiger partial charge in [-0.3, -0.25) is 15.0 Å². The SMILES string of the molecule is CCc1cc2c3ccccc3c3ccccc3c2cn1.CCc1ccc2c3ccccc3c3ccccc3c2n1.CCc1cnc2c3ccccc3c3ccccc3c2n1.CCc1ncc2c3ccccc3c3ccccc3c2n1. The predicted molar refractivity (Wildman–Crippen MR) is 340 cm³/mol. The monoisotopic (exact) mass is 1030 g/mol. The molecule has 0 atom stereocenters. The number of aryl methyl sites for hydroxylation is 4. The van der Waals surface area contributed by atoms with Crippen molar-refractivity contribution in [2.75, 3.05) is 0 Å². The van der Waals surface area contributed by atoms with Crippen molar-refractivity contribution in [1.29, 1.82) is 0 Å². The molecule has 4 aromatic heterocycles. The molecule has 384 valence electrons. The molecule has 0 unspecified atom stereocenters. The minimum atomic E-state index is 0.858. The fourth-order valence-corrected chi connectivity index (χ4v) is 11.7. The maximum absolute atomic E-state index is 4.87. The van der Waals surface area contributed by atoms with Gasteiger partial charge in [0.25, 0.3) is 0 Å². The highest BCUT2D eigenvalue weighted by Gasteiger charge is 2.14. The number of pyridine rings is 2. The van der Waals surface area contributed by atoms with Crippen molar-refractivity contribution in [3.8, 4) is 0 Å². The van der Waals surface area contributed by atoms with E-state index in [1.807, 2.05) is 18.6 Å². The molecule has 80 heavy (non-hydrogen) atoms. The highest BCUT2D eigenvalue weighted by atomic mass is 14.9. The predicted octanol–water partition coefficient (Wildman–Crippen LogP) is 19.2. The van der Waals surface area contributed by atoms with Crippen molar-refractivity contribution in [3.05, 3.63) is 254 Å². The third-order valence-corrected chi connectivity index (χ3v) is 15.7. The molecule has 0 aliphatic rings. The summed E-state index contributed by atoms with van der Waals surface area (Å²) in [6.45, 7) is 8.50. The van der Waals surface area contributed by atoms with Crippen molar-refractivity contribution in [2.45, 2.75) is 53.4 Å². The van der Waals surface area contributed by atoms with Crippen LogP contribution in [0.5, 0.6) is 0 Å². The van der Waals surface area contributed by atoms with Crippen LogP contribution in [-0.4, -0.2) is 29.9 Å². The lowest BCUT2D eigenvalue weighted by molar-refractivity contribution is 0.963. The van der Waals surface area contributed by atoms with Crippen LogP contribution >= 0.6 is 0 Å². The lowest BCUT2D eigenvalue weighted by atomic mass is 9.95. The lowest BCUT2D eigenvalue weighted by Crippen LogP contribution is -1.94. The first-order chi connectivity index (χ1) is 39.5. The summed E-state index contributed by atoms with van der Waals surface area (Å²) in [5.74, 6) is 0.901. The number of nitrogens with zero attached hydrogens (tertiary/aromatic N) is 6. The number of fused-ring (bicyclic) bond motifs is 24. The Morgan fingerprint density at radius 1 is 0.212 bits per heavy atom. The molecule has 0 saturated heterocycles. The molecule has 4 heterocycles.